The molecule has 0 saturated carbocycles. The van der Waals surface area contributed by atoms with E-state index in [9.17, 15) is 4.79 Å². The number of carbonyl (C=O) groups is 1. The first-order valence-electron chi connectivity index (χ1n) is 14.3. The number of alkyl halides is 1. The van der Waals surface area contributed by atoms with Gasteiger partial charge >= 0.3 is 5.97 Å². The first-order valence-corrected chi connectivity index (χ1v) is 17.7. The van der Waals surface area contributed by atoms with Gasteiger partial charge in [0.1, 0.15) is 11.4 Å². The molecule has 6 heteroatoms. The molecule has 4 rings (SSSR count). The number of rotatable bonds is 12. The lowest BCUT2D eigenvalue weighted by Crippen LogP contribution is -2.66. The fourth-order valence-electron chi connectivity index (χ4n) is 6.36. The van der Waals surface area contributed by atoms with Crippen molar-refractivity contribution < 1.29 is 18.7 Å². The van der Waals surface area contributed by atoms with Crippen LogP contribution in [0.15, 0.2) is 84.9 Å². The van der Waals surface area contributed by atoms with Gasteiger partial charge in [0.2, 0.25) is 0 Å². The van der Waals surface area contributed by atoms with E-state index in [-0.39, 0.29) is 22.8 Å². The van der Waals surface area contributed by atoms with Gasteiger partial charge in [-0.25, -0.2) is 0 Å². The Hall–Kier alpha value is -2.16. The molecule has 0 bridgehead atoms. The van der Waals surface area contributed by atoms with Crippen LogP contribution in [0.2, 0.25) is 5.04 Å². The molecule has 1 heterocycles. The van der Waals surface area contributed by atoms with Gasteiger partial charge < -0.3 is 13.9 Å². The van der Waals surface area contributed by atoms with Crippen molar-refractivity contribution in [2.24, 2.45) is 11.8 Å². The van der Waals surface area contributed by atoms with Crippen molar-refractivity contribution >= 4 is 47.3 Å². The summed E-state index contributed by atoms with van der Waals surface area (Å²) in [6, 6.07) is 29.7. The third-order valence-electron chi connectivity index (χ3n) is 8.44. The van der Waals surface area contributed by atoms with Gasteiger partial charge in [-0.15, -0.1) is 0 Å². The Kier molecular flexibility index (Phi) is 10.2. The van der Waals surface area contributed by atoms with E-state index in [1.165, 1.54) is 15.9 Å². The molecule has 1 saturated heterocycles. The summed E-state index contributed by atoms with van der Waals surface area (Å²) in [4.78, 5) is 13.1. The Morgan fingerprint density at radius 1 is 0.925 bits per heavy atom. The van der Waals surface area contributed by atoms with Gasteiger partial charge in [0.25, 0.3) is 8.32 Å². The van der Waals surface area contributed by atoms with Crippen LogP contribution >= 0.6 is 22.6 Å². The molecule has 0 aromatic heterocycles. The molecular weight excluding hydrogens is 627 g/mol. The molecule has 1 aliphatic rings. The summed E-state index contributed by atoms with van der Waals surface area (Å²) in [6.45, 7) is 9.69. The quantitative estimate of drug-likeness (QED) is 0.0687. The standard InChI is InChI=1S/C34H43IO4Si/c1-33(2,3)40(28-16-8-6-9-17-28,29-18-10-7-11-19-29)38-23-13-20-31-30(32(36)39-34(31,4)25-35)22-21-26-14-12-15-27(24-26)37-5/h6-12,14-19,24,30-31H,13,20-23,25H2,1-5H3/t30-,31-,34-/m1/s1. The van der Waals surface area contributed by atoms with Crippen LogP contribution in [-0.4, -0.2) is 38.0 Å². The molecule has 4 nitrogen and oxygen atoms in total. The molecule has 214 valence electrons. The lowest BCUT2D eigenvalue weighted by atomic mass is 9.77. The van der Waals surface area contributed by atoms with Gasteiger partial charge in [-0.05, 0) is 65.7 Å². The second-order valence-corrected chi connectivity index (χ2v) is 17.2. The van der Waals surface area contributed by atoms with Gasteiger partial charge in [0.05, 0.1) is 13.0 Å². The van der Waals surface area contributed by atoms with Crippen LogP contribution in [-0.2, 0) is 20.4 Å². The maximum absolute atomic E-state index is 13.1. The monoisotopic (exact) mass is 670 g/mol. The third kappa shape index (κ3) is 6.49. The Balaban J connectivity index is 1.52. The molecule has 1 fully saturated rings. The average Bonchev–Trinajstić information content (AvgIpc) is 3.21. The molecule has 0 aliphatic carbocycles. The van der Waals surface area contributed by atoms with Gasteiger partial charge in [-0.2, -0.15) is 0 Å². The normalized spacial score (nSPS) is 21.3. The predicted molar refractivity (Wildman–Crippen MR) is 174 cm³/mol. The van der Waals surface area contributed by atoms with Crippen molar-refractivity contribution in [1.29, 1.82) is 0 Å². The highest BCUT2D eigenvalue weighted by molar-refractivity contribution is 14.1. The summed E-state index contributed by atoms with van der Waals surface area (Å²) in [6.07, 6.45) is 3.38. The number of benzene rings is 3. The second-order valence-electron chi connectivity index (χ2n) is 12.1. The zero-order chi connectivity index (χ0) is 28.8. The number of methoxy groups -OCH3 is 1. The summed E-state index contributed by atoms with van der Waals surface area (Å²) in [5, 5.41) is 2.53. The number of hydrogen-bond acceptors (Lipinski definition) is 4. The van der Waals surface area contributed by atoms with Crippen LogP contribution in [0.1, 0.15) is 52.5 Å². The van der Waals surface area contributed by atoms with E-state index in [1.807, 2.05) is 12.1 Å². The number of halogens is 1. The maximum atomic E-state index is 13.1. The molecule has 0 radical (unpaired) electrons. The Labute approximate surface area is 255 Å². The van der Waals surface area contributed by atoms with Gasteiger partial charge in [0, 0.05) is 17.0 Å². The highest BCUT2D eigenvalue weighted by atomic mass is 127. The van der Waals surface area contributed by atoms with Gasteiger partial charge in [0.15, 0.2) is 0 Å². The van der Waals surface area contributed by atoms with Crippen molar-refractivity contribution in [3.05, 3.63) is 90.5 Å². The number of carbonyl (C=O) groups excluding carboxylic acids is 1. The molecule has 40 heavy (non-hydrogen) atoms. The topological polar surface area (TPSA) is 44.8 Å². The highest BCUT2D eigenvalue weighted by Crippen LogP contribution is 2.44. The molecule has 3 atom stereocenters. The zero-order valence-corrected chi connectivity index (χ0v) is 27.6. The largest absolute Gasteiger partial charge is 0.497 e. The lowest BCUT2D eigenvalue weighted by molar-refractivity contribution is -0.148. The maximum Gasteiger partial charge on any atom is 0.309 e. The fraction of sp³-hybridized carbons (Fsp3) is 0.441. The van der Waals surface area contributed by atoms with Crippen molar-refractivity contribution in [2.45, 2.75) is 64.0 Å². The SMILES string of the molecule is COc1cccc(CC[C@H]2C(=O)O[C@](C)(CI)[C@@H]2CCCO[Si](c2ccccc2)(c2ccccc2)C(C)(C)C)c1. The Bertz CT molecular complexity index is 1200. The van der Waals surface area contributed by atoms with Crippen LogP contribution in [0.5, 0.6) is 5.75 Å². The molecule has 0 N–H and O–H groups in total. The van der Waals surface area contributed by atoms with E-state index in [4.69, 9.17) is 13.9 Å². The van der Waals surface area contributed by atoms with E-state index in [0.29, 0.717) is 6.61 Å². The number of cyclic esters (lactones) is 1. The van der Waals surface area contributed by atoms with E-state index < -0.39 is 13.9 Å². The number of ether oxygens (including phenoxy) is 2. The van der Waals surface area contributed by atoms with Crippen molar-refractivity contribution in [3.63, 3.8) is 0 Å². The van der Waals surface area contributed by atoms with Crippen molar-refractivity contribution in [2.75, 3.05) is 18.1 Å². The second kappa shape index (κ2) is 13.2. The predicted octanol–water partition coefficient (Wildman–Crippen LogP) is 6.97. The van der Waals surface area contributed by atoms with E-state index in [1.54, 1.807) is 7.11 Å². The summed E-state index contributed by atoms with van der Waals surface area (Å²) in [7, 11) is -0.896. The highest BCUT2D eigenvalue weighted by Gasteiger charge is 2.52. The van der Waals surface area contributed by atoms with Crippen LogP contribution in [0.25, 0.3) is 0 Å². The minimum Gasteiger partial charge on any atom is -0.497 e. The lowest BCUT2D eigenvalue weighted by Gasteiger charge is -2.43. The van der Waals surface area contributed by atoms with Crippen molar-refractivity contribution in [1.82, 2.24) is 0 Å². The first kappa shape index (κ1) is 30.8. The van der Waals surface area contributed by atoms with Crippen LogP contribution < -0.4 is 15.1 Å². The number of esters is 1. The summed E-state index contributed by atoms with van der Waals surface area (Å²) in [5.41, 5.74) is 0.734. The van der Waals surface area contributed by atoms with Gasteiger partial charge in [-0.3, -0.25) is 4.79 Å². The molecule has 1 aliphatic heterocycles. The molecule has 3 aromatic rings. The minimum absolute atomic E-state index is 0.0556. The van der Waals surface area contributed by atoms with Crippen LogP contribution in [0.4, 0.5) is 0 Å². The first-order chi connectivity index (χ1) is 19.1. The molecule has 3 aromatic carbocycles. The molecule has 0 unspecified atom stereocenters. The summed E-state index contributed by atoms with van der Waals surface area (Å²) < 4.78 is 19.4. The number of aryl methyl sites for hydroxylation is 1. The minimum atomic E-state index is -2.58. The fourth-order valence-corrected chi connectivity index (χ4v) is 11.7. The summed E-state index contributed by atoms with van der Waals surface area (Å²) in [5.74, 6) is 0.838. The van der Waals surface area contributed by atoms with Crippen LogP contribution in [0, 0.1) is 11.8 Å². The van der Waals surface area contributed by atoms with E-state index in [0.717, 1.165) is 35.9 Å². The van der Waals surface area contributed by atoms with E-state index in [2.05, 4.69) is 123 Å². The summed E-state index contributed by atoms with van der Waals surface area (Å²) >= 11 is 2.37. The zero-order valence-electron chi connectivity index (χ0n) is 24.5. The molecule has 0 amide bonds. The van der Waals surface area contributed by atoms with Gasteiger partial charge in [-0.1, -0.05) is 116 Å². The Morgan fingerprint density at radius 2 is 1.55 bits per heavy atom. The Morgan fingerprint density at radius 3 is 2.10 bits per heavy atom. The number of hydrogen-bond donors (Lipinski definition) is 0. The van der Waals surface area contributed by atoms with Crippen LogP contribution in [0.3, 0.4) is 0 Å². The van der Waals surface area contributed by atoms with Crippen molar-refractivity contribution in [3.8, 4) is 5.75 Å². The van der Waals surface area contributed by atoms with E-state index >= 15 is 0 Å². The smallest absolute Gasteiger partial charge is 0.309 e. The molecular formula is C34H43IO4Si. The third-order valence-corrected chi connectivity index (χ3v) is 15.0. The average molecular weight is 671 g/mol. The molecule has 0 spiro atoms.